The number of fused-ring (bicyclic) bond motifs is 2. The molecule has 4 aromatic carbocycles. The van der Waals surface area contributed by atoms with Gasteiger partial charge in [0.25, 0.3) is 0 Å². The van der Waals surface area contributed by atoms with Gasteiger partial charge >= 0.3 is 8.60 Å². The fraction of sp³-hybridized carbons (Fsp3) is 0.529. The second-order valence-electron chi connectivity index (χ2n) is 22.6. The molecule has 0 aliphatic carbocycles. The Balaban J connectivity index is 1.89. The summed E-state index contributed by atoms with van der Waals surface area (Å²) in [5.74, 6) is 2.61. The van der Waals surface area contributed by atoms with Crippen LogP contribution in [0.4, 0.5) is 0 Å². The highest BCUT2D eigenvalue weighted by Crippen LogP contribution is 2.56. The molecule has 0 aromatic heterocycles. The Hall–Kier alpha value is -3.49. The average Bonchev–Trinajstić information content (AvgIpc) is 2.99. The van der Waals surface area contributed by atoms with Crippen molar-refractivity contribution in [1.29, 1.82) is 0 Å². The van der Waals surface area contributed by atoms with E-state index in [0.717, 1.165) is 67.1 Å². The Morgan fingerprint density at radius 3 is 1.21 bits per heavy atom. The first kappa shape index (κ1) is 43.6. The largest absolute Gasteiger partial charge is 0.530 e. The van der Waals surface area contributed by atoms with Crippen molar-refractivity contribution >= 4 is 8.60 Å². The highest BCUT2D eigenvalue weighted by Gasteiger charge is 2.38. The Bertz CT molecular complexity index is 2050. The molecule has 0 saturated heterocycles. The second-order valence-corrected chi connectivity index (χ2v) is 23.6. The van der Waals surface area contributed by atoms with Crippen LogP contribution in [0.25, 0.3) is 11.1 Å². The predicted molar refractivity (Wildman–Crippen MR) is 240 cm³/mol. The Kier molecular flexibility index (Phi) is 11.2. The van der Waals surface area contributed by atoms with Gasteiger partial charge in [-0.05, 0) is 91.9 Å². The zero-order valence-corrected chi connectivity index (χ0v) is 39.3. The van der Waals surface area contributed by atoms with E-state index in [1.54, 1.807) is 0 Å². The average molecular weight is 779 g/mol. The van der Waals surface area contributed by atoms with Gasteiger partial charge in [-0.15, -0.1) is 0 Å². The summed E-state index contributed by atoms with van der Waals surface area (Å²) in [6.45, 7) is 44.5. The predicted octanol–water partition coefficient (Wildman–Crippen LogP) is 15.1. The summed E-state index contributed by atoms with van der Waals surface area (Å²) in [4.78, 5) is 0. The van der Waals surface area contributed by atoms with Gasteiger partial charge in [0, 0.05) is 39.8 Å². The summed E-state index contributed by atoms with van der Waals surface area (Å²) in [6.07, 6.45) is 0.670. The van der Waals surface area contributed by atoms with E-state index in [-0.39, 0.29) is 38.2 Å². The third-order valence-corrected chi connectivity index (χ3v) is 11.9. The standard InChI is InChI=1S/C51H71O4P/c1-30-21-36(42(52)38(23-30)48(9,10)11)37-22-31(2)24-39(49(12,13)14)45(37)55-56-53-43-32(26-34(46(3,4)5)28-40(43)50(15,16)17)25-33-27-35(47(6,7)8)29-41(44(33)54-56)51(18,19)20/h21-24,26-29,52H,25H2,1-20H3. The zero-order valence-electron chi connectivity index (χ0n) is 38.4. The van der Waals surface area contributed by atoms with Gasteiger partial charge in [-0.1, -0.05) is 161 Å². The number of aromatic hydroxyl groups is 1. The van der Waals surface area contributed by atoms with Gasteiger partial charge in [0.05, 0.1) is 0 Å². The third kappa shape index (κ3) is 9.12. The zero-order chi connectivity index (χ0) is 42.3. The van der Waals surface area contributed by atoms with Crippen molar-refractivity contribution < 1.29 is 18.7 Å². The number of benzene rings is 4. The maximum atomic E-state index is 12.1. The first-order valence-electron chi connectivity index (χ1n) is 20.5. The molecule has 0 radical (unpaired) electrons. The van der Waals surface area contributed by atoms with Crippen molar-refractivity contribution in [2.45, 2.75) is 177 Å². The van der Waals surface area contributed by atoms with Gasteiger partial charge in [0.15, 0.2) is 0 Å². The van der Waals surface area contributed by atoms with Crippen molar-refractivity contribution in [3.63, 3.8) is 0 Å². The molecule has 56 heavy (non-hydrogen) atoms. The molecule has 1 N–H and O–H groups in total. The number of rotatable bonds is 3. The summed E-state index contributed by atoms with van der Waals surface area (Å²) in [7, 11) is -2.08. The molecule has 0 unspecified atom stereocenters. The molecule has 0 fully saturated rings. The van der Waals surface area contributed by atoms with Crippen molar-refractivity contribution in [3.8, 4) is 34.1 Å². The Labute approximate surface area is 341 Å². The van der Waals surface area contributed by atoms with Gasteiger partial charge in [0.1, 0.15) is 23.0 Å². The van der Waals surface area contributed by atoms with Crippen LogP contribution in [-0.2, 0) is 38.9 Å². The van der Waals surface area contributed by atoms with Crippen molar-refractivity contribution in [1.82, 2.24) is 0 Å². The highest BCUT2D eigenvalue weighted by molar-refractivity contribution is 7.43. The first-order chi connectivity index (χ1) is 25.3. The van der Waals surface area contributed by atoms with Crippen molar-refractivity contribution in [2.24, 2.45) is 0 Å². The maximum absolute atomic E-state index is 12.1. The first-order valence-corrected chi connectivity index (χ1v) is 21.6. The number of phenolic OH excluding ortho intramolecular Hbond substituents is 1. The van der Waals surface area contributed by atoms with Crippen LogP contribution in [-0.4, -0.2) is 5.11 Å². The lowest BCUT2D eigenvalue weighted by molar-refractivity contribution is 0.365. The van der Waals surface area contributed by atoms with Gasteiger partial charge < -0.3 is 18.7 Å². The van der Waals surface area contributed by atoms with E-state index in [0.29, 0.717) is 12.2 Å². The molecule has 0 atom stereocenters. The molecule has 0 spiro atoms. The number of phenols is 1. The molecule has 0 saturated carbocycles. The minimum atomic E-state index is -2.08. The van der Waals surface area contributed by atoms with E-state index in [2.05, 4.69) is 187 Å². The van der Waals surface area contributed by atoms with Crippen LogP contribution in [0.1, 0.15) is 180 Å². The fourth-order valence-corrected chi connectivity index (χ4v) is 8.69. The third-order valence-electron chi connectivity index (χ3n) is 11.0. The van der Waals surface area contributed by atoms with Crippen LogP contribution in [0, 0.1) is 13.8 Å². The van der Waals surface area contributed by atoms with E-state index in [4.69, 9.17) is 13.6 Å². The van der Waals surface area contributed by atoms with Crippen LogP contribution in [0.15, 0.2) is 48.5 Å². The smallest absolute Gasteiger partial charge is 0.507 e. The lowest BCUT2D eigenvalue weighted by Gasteiger charge is -2.35. The summed E-state index contributed by atoms with van der Waals surface area (Å²) in [6, 6.07) is 17.9. The monoisotopic (exact) mass is 779 g/mol. The Morgan fingerprint density at radius 1 is 0.464 bits per heavy atom. The van der Waals surface area contributed by atoms with Crippen molar-refractivity contribution in [2.75, 3.05) is 0 Å². The molecule has 5 rings (SSSR count). The normalized spacial score (nSPS) is 14.6. The van der Waals surface area contributed by atoms with E-state index in [9.17, 15) is 5.11 Å². The number of hydrogen-bond donors (Lipinski definition) is 1. The molecular formula is C51H71O4P. The molecule has 0 amide bonds. The van der Waals surface area contributed by atoms with Crippen LogP contribution in [0.2, 0.25) is 0 Å². The van der Waals surface area contributed by atoms with Crippen molar-refractivity contribution in [3.05, 3.63) is 104 Å². The van der Waals surface area contributed by atoms with E-state index in [1.165, 1.54) is 11.1 Å². The van der Waals surface area contributed by atoms with Crippen LogP contribution >= 0.6 is 8.60 Å². The fourth-order valence-electron chi connectivity index (χ4n) is 7.51. The van der Waals surface area contributed by atoms with Gasteiger partial charge in [-0.2, -0.15) is 0 Å². The topological polar surface area (TPSA) is 47.9 Å². The van der Waals surface area contributed by atoms with Gasteiger partial charge in [-0.3, -0.25) is 0 Å². The highest BCUT2D eigenvalue weighted by atomic mass is 31.2. The van der Waals surface area contributed by atoms with Crippen LogP contribution in [0.3, 0.4) is 0 Å². The molecule has 1 aliphatic heterocycles. The van der Waals surface area contributed by atoms with Crippen LogP contribution in [0.5, 0.6) is 23.0 Å². The van der Waals surface area contributed by atoms with Gasteiger partial charge in [0.2, 0.25) is 0 Å². The lowest BCUT2D eigenvalue weighted by Crippen LogP contribution is -2.23. The summed E-state index contributed by atoms with van der Waals surface area (Å²) < 4.78 is 21.9. The molecular weight excluding hydrogens is 708 g/mol. The van der Waals surface area contributed by atoms with E-state index < -0.39 is 8.60 Å². The lowest BCUT2D eigenvalue weighted by atomic mass is 9.76. The molecule has 5 heteroatoms. The molecule has 0 bridgehead atoms. The van der Waals surface area contributed by atoms with E-state index in [1.807, 2.05) is 0 Å². The Morgan fingerprint density at radius 2 is 0.839 bits per heavy atom. The number of hydrogen-bond acceptors (Lipinski definition) is 4. The van der Waals surface area contributed by atoms with E-state index >= 15 is 0 Å². The summed E-state index contributed by atoms with van der Waals surface area (Å²) in [5, 5.41) is 12.1. The summed E-state index contributed by atoms with van der Waals surface area (Å²) in [5.41, 5.74) is 11.6. The van der Waals surface area contributed by atoms with Crippen LogP contribution < -0.4 is 13.6 Å². The molecule has 1 aliphatic rings. The SMILES string of the molecule is Cc1cc(-c2cc(C)cc(C(C)(C)C)c2OP2Oc3c(cc(C(C)(C)C)cc3C(C)(C)C)Cc3cc(C(C)(C)C)cc(C(C)(C)C)c3O2)c(O)c(C(C)(C)C)c1. The molecule has 4 nitrogen and oxygen atoms in total. The summed E-state index contributed by atoms with van der Waals surface area (Å²) >= 11 is 0. The molecule has 304 valence electrons. The second kappa shape index (κ2) is 14.4. The number of aryl methyl sites for hydroxylation is 2. The molecule has 4 aromatic rings. The maximum Gasteiger partial charge on any atom is 0.530 e. The molecule has 1 heterocycles. The minimum Gasteiger partial charge on any atom is -0.507 e. The quantitative estimate of drug-likeness (QED) is 0.210. The van der Waals surface area contributed by atoms with Gasteiger partial charge in [-0.25, -0.2) is 0 Å². The minimum absolute atomic E-state index is 0.0675.